The number of nitrogens with one attached hydrogen (secondary N) is 2. The topological polar surface area (TPSA) is 75.3 Å². The lowest BCUT2D eigenvalue weighted by Crippen LogP contribution is -2.24. The molecule has 5 nitrogen and oxygen atoms in total. The number of hydrogen-bond donors (Lipinski definition) is 2. The number of rotatable bonds is 6. The molecule has 0 saturated carbocycles. The highest BCUT2D eigenvalue weighted by molar-refractivity contribution is 7.89. The molecule has 24 heavy (non-hydrogen) atoms. The van der Waals surface area contributed by atoms with Gasteiger partial charge in [0.1, 0.15) is 0 Å². The first-order valence-electron chi connectivity index (χ1n) is 6.81. The van der Waals surface area contributed by atoms with Crippen LogP contribution in [0.5, 0.6) is 0 Å². The maximum Gasteiger partial charge on any atom is 0.255 e. The van der Waals surface area contributed by atoms with E-state index in [-0.39, 0.29) is 22.0 Å². The molecule has 0 unspecified atom stereocenters. The fourth-order valence-corrected chi connectivity index (χ4v) is 3.24. The van der Waals surface area contributed by atoms with Gasteiger partial charge in [-0.25, -0.2) is 13.1 Å². The van der Waals surface area contributed by atoms with Gasteiger partial charge in [-0.1, -0.05) is 41.4 Å². The van der Waals surface area contributed by atoms with Crippen LogP contribution in [0.1, 0.15) is 10.4 Å². The van der Waals surface area contributed by atoms with Gasteiger partial charge < -0.3 is 5.32 Å². The maximum atomic E-state index is 12.3. The van der Waals surface area contributed by atoms with E-state index in [0.717, 1.165) is 0 Å². The fourth-order valence-electron chi connectivity index (χ4n) is 1.85. The van der Waals surface area contributed by atoms with Gasteiger partial charge in [0.2, 0.25) is 10.0 Å². The van der Waals surface area contributed by atoms with E-state index in [9.17, 15) is 13.2 Å². The monoisotopic (exact) mass is 384 g/mol. The molecule has 2 aromatic carbocycles. The van der Waals surface area contributed by atoms with Gasteiger partial charge in [0.25, 0.3) is 5.91 Å². The summed E-state index contributed by atoms with van der Waals surface area (Å²) in [5.74, 6) is -0.500. The Morgan fingerprint density at radius 1 is 1.17 bits per heavy atom. The molecule has 0 aliphatic carbocycles. The summed E-state index contributed by atoms with van der Waals surface area (Å²) in [5, 5.41) is 3.12. The highest BCUT2D eigenvalue weighted by atomic mass is 35.5. The van der Waals surface area contributed by atoms with Crippen molar-refractivity contribution in [3.8, 4) is 0 Å². The van der Waals surface area contributed by atoms with Gasteiger partial charge in [0, 0.05) is 12.1 Å². The molecule has 0 aromatic heterocycles. The molecule has 0 saturated heterocycles. The number of carbonyl (C=O) groups is 1. The molecule has 0 bridgehead atoms. The first-order chi connectivity index (χ1) is 11.3. The molecular weight excluding hydrogens is 371 g/mol. The molecule has 2 N–H and O–H groups in total. The normalized spacial score (nSPS) is 11.1. The Morgan fingerprint density at radius 2 is 1.88 bits per heavy atom. The smallest absolute Gasteiger partial charge is 0.255 e. The maximum absolute atomic E-state index is 12.3. The van der Waals surface area contributed by atoms with E-state index in [2.05, 4.69) is 16.6 Å². The lowest BCUT2D eigenvalue weighted by Gasteiger charge is -2.10. The van der Waals surface area contributed by atoms with Gasteiger partial charge >= 0.3 is 0 Å². The third-order valence-electron chi connectivity index (χ3n) is 3.02. The van der Waals surface area contributed by atoms with Gasteiger partial charge in [-0.15, -0.1) is 6.58 Å². The summed E-state index contributed by atoms with van der Waals surface area (Å²) in [6.07, 6.45) is 1.43. The Balaban J connectivity index is 2.26. The number of benzene rings is 2. The second-order valence-electron chi connectivity index (χ2n) is 4.72. The highest BCUT2D eigenvalue weighted by Gasteiger charge is 2.16. The van der Waals surface area contributed by atoms with E-state index in [1.807, 2.05) is 0 Å². The van der Waals surface area contributed by atoms with Crippen LogP contribution in [0.15, 0.2) is 60.0 Å². The summed E-state index contributed by atoms with van der Waals surface area (Å²) in [4.78, 5) is 12.3. The van der Waals surface area contributed by atoms with Crippen LogP contribution in [0.3, 0.4) is 0 Å². The van der Waals surface area contributed by atoms with Crippen LogP contribution in [0.4, 0.5) is 5.69 Å². The quantitative estimate of drug-likeness (QED) is 0.745. The second-order valence-corrected chi connectivity index (χ2v) is 7.28. The molecule has 0 spiro atoms. The number of carbonyl (C=O) groups excluding carboxylic acids is 1. The van der Waals surface area contributed by atoms with Crippen molar-refractivity contribution in [3.63, 3.8) is 0 Å². The van der Waals surface area contributed by atoms with Crippen molar-refractivity contribution < 1.29 is 13.2 Å². The Labute approximate surface area is 150 Å². The van der Waals surface area contributed by atoms with Crippen molar-refractivity contribution in [2.45, 2.75) is 4.90 Å². The predicted molar refractivity (Wildman–Crippen MR) is 96.2 cm³/mol. The first-order valence-corrected chi connectivity index (χ1v) is 9.05. The minimum atomic E-state index is -3.71. The fraction of sp³-hybridized carbons (Fsp3) is 0.0625. The molecule has 0 radical (unpaired) electrons. The standard InChI is InChI=1S/C16H14Cl2N2O3S/c1-2-9-19-24(22,23)12-6-3-5-11(10-12)16(21)20-14-8-4-7-13(17)15(14)18/h2-8,10,19H,1,9H2,(H,20,21). The van der Waals surface area contributed by atoms with Crippen LogP contribution in [-0.2, 0) is 10.0 Å². The summed E-state index contributed by atoms with van der Waals surface area (Å²) in [6.45, 7) is 3.55. The molecule has 1 amide bonds. The average Bonchev–Trinajstić information content (AvgIpc) is 2.57. The average molecular weight is 385 g/mol. The summed E-state index contributed by atoms with van der Waals surface area (Å²) < 4.78 is 26.5. The number of amides is 1. The van der Waals surface area contributed by atoms with E-state index in [0.29, 0.717) is 10.7 Å². The molecule has 0 heterocycles. The van der Waals surface area contributed by atoms with Crippen LogP contribution >= 0.6 is 23.2 Å². The number of hydrogen-bond acceptors (Lipinski definition) is 3. The van der Waals surface area contributed by atoms with E-state index < -0.39 is 15.9 Å². The molecule has 0 aliphatic rings. The van der Waals surface area contributed by atoms with E-state index >= 15 is 0 Å². The third kappa shape index (κ3) is 4.36. The number of halogens is 2. The van der Waals surface area contributed by atoms with Crippen molar-refractivity contribution in [2.75, 3.05) is 11.9 Å². The van der Waals surface area contributed by atoms with Gasteiger partial charge in [0.15, 0.2) is 0 Å². The van der Waals surface area contributed by atoms with E-state index in [1.54, 1.807) is 18.2 Å². The van der Waals surface area contributed by atoms with Crippen molar-refractivity contribution in [1.29, 1.82) is 0 Å². The lowest BCUT2D eigenvalue weighted by atomic mass is 10.2. The van der Waals surface area contributed by atoms with Crippen LogP contribution in [0.25, 0.3) is 0 Å². The minimum absolute atomic E-state index is 0.0193. The summed E-state index contributed by atoms with van der Waals surface area (Å²) in [6, 6.07) is 10.5. The largest absolute Gasteiger partial charge is 0.321 e. The van der Waals surface area contributed by atoms with Crippen molar-refractivity contribution in [3.05, 3.63) is 70.7 Å². The predicted octanol–water partition coefficient (Wildman–Crippen LogP) is 3.71. The molecule has 0 aliphatic heterocycles. The Morgan fingerprint density at radius 3 is 2.58 bits per heavy atom. The number of sulfonamides is 1. The van der Waals surface area contributed by atoms with E-state index in [1.165, 1.54) is 30.3 Å². The van der Waals surface area contributed by atoms with Crippen LogP contribution in [0.2, 0.25) is 10.0 Å². The van der Waals surface area contributed by atoms with Gasteiger partial charge in [-0.05, 0) is 30.3 Å². The zero-order chi connectivity index (χ0) is 17.7. The highest BCUT2D eigenvalue weighted by Crippen LogP contribution is 2.29. The van der Waals surface area contributed by atoms with Crippen molar-refractivity contribution >= 4 is 44.8 Å². The molecule has 8 heteroatoms. The second kappa shape index (κ2) is 7.81. The number of anilines is 1. The molecule has 126 valence electrons. The van der Waals surface area contributed by atoms with Crippen molar-refractivity contribution in [1.82, 2.24) is 4.72 Å². The van der Waals surface area contributed by atoms with Gasteiger partial charge in [-0.2, -0.15) is 0 Å². The van der Waals surface area contributed by atoms with Gasteiger partial charge in [0.05, 0.1) is 20.6 Å². The lowest BCUT2D eigenvalue weighted by molar-refractivity contribution is 0.102. The minimum Gasteiger partial charge on any atom is -0.321 e. The Kier molecular flexibility index (Phi) is 6.01. The first kappa shape index (κ1) is 18.5. The SMILES string of the molecule is C=CCNS(=O)(=O)c1cccc(C(=O)Nc2cccc(Cl)c2Cl)c1. The molecule has 2 rings (SSSR count). The summed E-state index contributed by atoms with van der Waals surface area (Å²) >= 11 is 11.9. The van der Waals surface area contributed by atoms with E-state index in [4.69, 9.17) is 23.2 Å². The zero-order valence-corrected chi connectivity index (χ0v) is 14.8. The summed E-state index contributed by atoms with van der Waals surface area (Å²) in [7, 11) is -3.71. The Hall–Kier alpha value is -1.86. The van der Waals surface area contributed by atoms with Crippen LogP contribution in [0, 0.1) is 0 Å². The van der Waals surface area contributed by atoms with Crippen LogP contribution < -0.4 is 10.0 Å². The molecule has 0 fully saturated rings. The molecule has 0 atom stereocenters. The molecule has 2 aromatic rings. The molecular formula is C16H14Cl2N2O3S. The van der Waals surface area contributed by atoms with Crippen molar-refractivity contribution in [2.24, 2.45) is 0 Å². The zero-order valence-electron chi connectivity index (χ0n) is 12.4. The summed E-state index contributed by atoms with van der Waals surface area (Å²) in [5.41, 5.74) is 0.514. The van der Waals surface area contributed by atoms with Gasteiger partial charge in [-0.3, -0.25) is 4.79 Å². The van der Waals surface area contributed by atoms with Crippen LogP contribution in [-0.4, -0.2) is 20.9 Å². The Bertz CT molecular complexity index is 883. The third-order valence-corrected chi connectivity index (χ3v) is 5.26.